The van der Waals surface area contributed by atoms with Crippen LogP contribution in [0.4, 0.5) is 0 Å². The van der Waals surface area contributed by atoms with Crippen LogP contribution in [0, 0.1) is 0 Å². The molecule has 162 valence electrons. The number of hydrogen-bond donors (Lipinski definition) is 2. The van der Waals surface area contributed by atoms with E-state index in [0.29, 0.717) is 19.0 Å². The van der Waals surface area contributed by atoms with Crippen molar-refractivity contribution in [1.29, 1.82) is 0 Å². The lowest BCUT2D eigenvalue weighted by Gasteiger charge is -2.22. The summed E-state index contributed by atoms with van der Waals surface area (Å²) in [5.41, 5.74) is 0. The van der Waals surface area contributed by atoms with Crippen LogP contribution in [0.2, 0.25) is 0 Å². The molecule has 2 N–H and O–H groups in total. The lowest BCUT2D eigenvalue weighted by atomic mass is 10.2. The predicted octanol–water partition coefficient (Wildman–Crippen LogP) is 2.28. The quantitative estimate of drug-likeness (QED) is 0.277. The Kier molecular flexibility index (Phi) is 11.4. The molecular weight excluding hydrogens is 491 g/mol. The molecule has 0 saturated carbocycles. The van der Waals surface area contributed by atoms with Crippen molar-refractivity contribution in [3.8, 4) is 0 Å². The van der Waals surface area contributed by atoms with Gasteiger partial charge in [0.05, 0.1) is 18.6 Å². The van der Waals surface area contributed by atoms with Crippen molar-refractivity contribution in [2.24, 2.45) is 4.99 Å². The fourth-order valence-electron chi connectivity index (χ4n) is 3.32. The molecule has 0 spiro atoms. The van der Waals surface area contributed by atoms with E-state index < -0.39 is 9.84 Å². The Balaban J connectivity index is 0.00000392. The van der Waals surface area contributed by atoms with E-state index in [9.17, 15) is 8.42 Å². The number of furan rings is 1. The van der Waals surface area contributed by atoms with Gasteiger partial charge in [0, 0.05) is 31.3 Å². The van der Waals surface area contributed by atoms with Gasteiger partial charge in [0.25, 0.3) is 0 Å². The molecular formula is C19H35IN4O3S. The number of halogens is 1. The fraction of sp³-hybridized carbons (Fsp3) is 0.737. The monoisotopic (exact) mass is 526 g/mol. The Morgan fingerprint density at radius 1 is 1.46 bits per heavy atom. The van der Waals surface area contributed by atoms with Crippen LogP contribution < -0.4 is 10.6 Å². The van der Waals surface area contributed by atoms with Gasteiger partial charge < -0.3 is 15.1 Å². The highest BCUT2D eigenvalue weighted by molar-refractivity contribution is 14.0. The van der Waals surface area contributed by atoms with Crippen LogP contribution in [0.15, 0.2) is 27.8 Å². The minimum Gasteiger partial charge on any atom is -0.469 e. The third kappa shape index (κ3) is 9.60. The molecule has 0 radical (unpaired) electrons. The fourth-order valence-corrected chi connectivity index (χ4v) is 4.10. The van der Waals surface area contributed by atoms with E-state index in [1.165, 1.54) is 19.1 Å². The molecule has 0 bridgehead atoms. The summed E-state index contributed by atoms with van der Waals surface area (Å²) in [6, 6.07) is 4.36. The molecule has 7 nitrogen and oxygen atoms in total. The van der Waals surface area contributed by atoms with E-state index in [2.05, 4.69) is 22.5 Å². The number of hydrogen-bond acceptors (Lipinski definition) is 5. The van der Waals surface area contributed by atoms with Crippen molar-refractivity contribution < 1.29 is 12.8 Å². The molecule has 2 heterocycles. The van der Waals surface area contributed by atoms with Gasteiger partial charge in [-0.05, 0) is 51.4 Å². The number of nitrogens with one attached hydrogen (secondary N) is 2. The van der Waals surface area contributed by atoms with Crippen LogP contribution in [0.5, 0.6) is 0 Å². The molecule has 1 aromatic rings. The van der Waals surface area contributed by atoms with E-state index in [0.717, 1.165) is 37.8 Å². The van der Waals surface area contributed by atoms with E-state index in [1.807, 2.05) is 19.1 Å². The summed E-state index contributed by atoms with van der Waals surface area (Å²) in [5.74, 6) is 1.85. The van der Waals surface area contributed by atoms with E-state index in [1.54, 1.807) is 6.26 Å². The topological polar surface area (TPSA) is 86.9 Å². The molecule has 1 aromatic heterocycles. The molecule has 0 aromatic carbocycles. The highest BCUT2D eigenvalue weighted by Gasteiger charge is 2.22. The van der Waals surface area contributed by atoms with Gasteiger partial charge in [0.1, 0.15) is 15.6 Å². The van der Waals surface area contributed by atoms with E-state index in [4.69, 9.17) is 9.41 Å². The van der Waals surface area contributed by atoms with Crippen molar-refractivity contribution >= 4 is 39.8 Å². The average molecular weight is 526 g/mol. The Hall–Kier alpha value is -0.810. The van der Waals surface area contributed by atoms with Crippen molar-refractivity contribution in [2.45, 2.75) is 51.6 Å². The summed E-state index contributed by atoms with van der Waals surface area (Å²) < 4.78 is 28.2. The molecule has 2 atom stereocenters. The molecule has 1 aliphatic heterocycles. The van der Waals surface area contributed by atoms with Gasteiger partial charge in [-0.2, -0.15) is 0 Å². The number of likely N-dealkylation sites (N-methyl/N-ethyl adjacent to an activating group) is 1. The first-order chi connectivity index (χ1) is 12.9. The van der Waals surface area contributed by atoms with Crippen molar-refractivity contribution in [2.75, 3.05) is 38.2 Å². The summed E-state index contributed by atoms with van der Waals surface area (Å²) in [7, 11) is -2.96. The summed E-state index contributed by atoms with van der Waals surface area (Å²) in [6.07, 6.45) is 6.69. The third-order valence-corrected chi connectivity index (χ3v) is 5.89. The maximum atomic E-state index is 11.4. The molecule has 1 fully saturated rings. The van der Waals surface area contributed by atoms with Crippen LogP contribution in [0.3, 0.4) is 0 Å². The molecule has 9 heteroatoms. The maximum absolute atomic E-state index is 11.4. The number of sulfone groups is 1. The SMILES string of the molecule is CCN1CCCC1CN=C(NCCc1ccco1)NC(C)CCS(C)(=O)=O.I. The van der Waals surface area contributed by atoms with Crippen LogP contribution in [0.1, 0.15) is 38.9 Å². The number of likely N-dealkylation sites (tertiary alicyclic amines) is 1. The first kappa shape index (κ1) is 25.2. The van der Waals surface area contributed by atoms with E-state index in [-0.39, 0.29) is 35.8 Å². The van der Waals surface area contributed by atoms with Crippen molar-refractivity contribution in [1.82, 2.24) is 15.5 Å². The molecule has 0 aliphatic carbocycles. The summed E-state index contributed by atoms with van der Waals surface area (Å²) in [6.45, 7) is 7.84. The minimum atomic E-state index is -2.96. The molecule has 2 rings (SSSR count). The zero-order valence-corrected chi connectivity index (χ0v) is 20.3. The number of rotatable bonds is 10. The van der Waals surface area contributed by atoms with Crippen LogP contribution in [-0.4, -0.2) is 69.5 Å². The second-order valence-corrected chi connectivity index (χ2v) is 9.59. The molecule has 28 heavy (non-hydrogen) atoms. The second-order valence-electron chi connectivity index (χ2n) is 7.33. The van der Waals surface area contributed by atoms with Gasteiger partial charge in [-0.1, -0.05) is 6.92 Å². The lowest BCUT2D eigenvalue weighted by Crippen LogP contribution is -2.44. The summed E-state index contributed by atoms with van der Waals surface area (Å²) >= 11 is 0. The normalized spacial score (nSPS) is 19.2. The average Bonchev–Trinajstić information content (AvgIpc) is 3.28. The summed E-state index contributed by atoms with van der Waals surface area (Å²) in [5, 5.41) is 6.71. The Labute approximate surface area is 186 Å². The van der Waals surface area contributed by atoms with Crippen molar-refractivity contribution in [3.05, 3.63) is 24.2 Å². The van der Waals surface area contributed by atoms with Crippen LogP contribution in [0.25, 0.3) is 0 Å². The molecule has 0 amide bonds. The highest BCUT2D eigenvalue weighted by atomic mass is 127. The van der Waals surface area contributed by atoms with Gasteiger partial charge in [-0.25, -0.2) is 8.42 Å². The third-order valence-electron chi connectivity index (χ3n) is 4.91. The summed E-state index contributed by atoms with van der Waals surface area (Å²) in [4.78, 5) is 7.25. The largest absolute Gasteiger partial charge is 0.469 e. The Morgan fingerprint density at radius 2 is 2.25 bits per heavy atom. The van der Waals surface area contributed by atoms with Gasteiger partial charge in [-0.15, -0.1) is 24.0 Å². The molecule has 2 unspecified atom stereocenters. The zero-order valence-electron chi connectivity index (χ0n) is 17.2. The first-order valence-electron chi connectivity index (χ1n) is 9.86. The van der Waals surface area contributed by atoms with Gasteiger partial charge in [0.15, 0.2) is 5.96 Å². The number of nitrogens with zero attached hydrogens (tertiary/aromatic N) is 2. The van der Waals surface area contributed by atoms with Gasteiger partial charge in [-0.3, -0.25) is 9.89 Å². The first-order valence-corrected chi connectivity index (χ1v) is 11.9. The number of guanidine groups is 1. The standard InChI is InChI=1S/C19H34N4O3S.HI/c1-4-23-12-5-7-17(23)15-21-19(20-11-9-18-8-6-13-26-18)22-16(2)10-14-27(3,24)25;/h6,8,13,16-17H,4-5,7,9-12,14-15H2,1-3H3,(H2,20,21,22);1H. The predicted molar refractivity (Wildman–Crippen MR) is 125 cm³/mol. The minimum absolute atomic E-state index is 0. The van der Waals surface area contributed by atoms with E-state index >= 15 is 0 Å². The molecule has 1 aliphatic rings. The second kappa shape index (κ2) is 12.7. The highest BCUT2D eigenvalue weighted by Crippen LogP contribution is 2.16. The Bertz CT molecular complexity index is 679. The maximum Gasteiger partial charge on any atom is 0.191 e. The smallest absolute Gasteiger partial charge is 0.191 e. The Morgan fingerprint density at radius 3 is 2.89 bits per heavy atom. The molecule has 1 saturated heterocycles. The zero-order chi connectivity index (χ0) is 19.7. The lowest BCUT2D eigenvalue weighted by molar-refractivity contribution is 0.273. The van der Waals surface area contributed by atoms with Crippen LogP contribution >= 0.6 is 24.0 Å². The van der Waals surface area contributed by atoms with Crippen LogP contribution in [-0.2, 0) is 16.3 Å². The van der Waals surface area contributed by atoms with Gasteiger partial charge in [0.2, 0.25) is 0 Å². The number of aliphatic imine (C=N–C) groups is 1. The van der Waals surface area contributed by atoms with Crippen molar-refractivity contribution in [3.63, 3.8) is 0 Å². The van der Waals surface area contributed by atoms with Gasteiger partial charge >= 0.3 is 0 Å².